The Bertz CT molecular complexity index is 822. The summed E-state index contributed by atoms with van der Waals surface area (Å²) in [6.45, 7) is 0.546. The zero-order valence-corrected chi connectivity index (χ0v) is 14.3. The van der Waals surface area contributed by atoms with E-state index in [1.165, 1.54) is 0 Å². The third-order valence-electron chi connectivity index (χ3n) is 3.86. The molecule has 2 heterocycles. The first-order valence-corrected chi connectivity index (χ1v) is 9.65. The second-order valence-corrected chi connectivity index (χ2v) is 7.66. The van der Waals surface area contributed by atoms with Gasteiger partial charge in [-0.15, -0.1) is 16.7 Å². The van der Waals surface area contributed by atoms with Crippen LogP contribution in [0.3, 0.4) is 0 Å². The predicted molar refractivity (Wildman–Crippen MR) is 86.0 cm³/mol. The largest absolute Gasteiger partial charge is 0.410 e. The van der Waals surface area contributed by atoms with Gasteiger partial charge < -0.3 is 9.32 Å². The lowest BCUT2D eigenvalue weighted by molar-refractivity contribution is -0.129. The molecule has 1 fully saturated rings. The lowest BCUT2D eigenvalue weighted by Gasteiger charge is -2.20. The molecule has 1 aromatic carbocycles. The number of carbonyl (C=O) groups excluding carboxylic acids is 1. The fourth-order valence-electron chi connectivity index (χ4n) is 2.73. The van der Waals surface area contributed by atoms with Crippen molar-refractivity contribution < 1.29 is 17.6 Å². The minimum absolute atomic E-state index is 0.135. The molecule has 0 bridgehead atoms. The third-order valence-corrected chi connectivity index (χ3v) is 5.50. The summed E-state index contributed by atoms with van der Waals surface area (Å²) < 4.78 is 30.2. The van der Waals surface area contributed by atoms with Gasteiger partial charge in [0.15, 0.2) is 0 Å². The molecule has 3 rings (SSSR count). The molecule has 1 aliphatic rings. The minimum Gasteiger partial charge on any atom is -0.410 e. The maximum Gasteiger partial charge on any atom is 0.335 e. The van der Waals surface area contributed by atoms with Crippen LogP contribution in [0.15, 0.2) is 40.0 Å². The molecule has 0 aliphatic carbocycles. The maximum absolute atomic E-state index is 12.4. The lowest BCUT2D eigenvalue weighted by Crippen LogP contribution is -2.31. The Hall–Kier alpha value is -1.93. The third kappa shape index (κ3) is 3.44. The van der Waals surface area contributed by atoms with Gasteiger partial charge in [0.05, 0.1) is 5.75 Å². The molecule has 24 heavy (non-hydrogen) atoms. The number of aromatic nitrogens is 2. The van der Waals surface area contributed by atoms with Gasteiger partial charge in [-0.2, -0.15) is 0 Å². The number of benzene rings is 1. The van der Waals surface area contributed by atoms with Crippen LogP contribution in [0.4, 0.5) is 0 Å². The number of carbonyl (C=O) groups is 1. The van der Waals surface area contributed by atoms with Gasteiger partial charge in [-0.3, -0.25) is 4.79 Å². The Labute approximate surface area is 144 Å². The number of halogens is 1. The van der Waals surface area contributed by atoms with Gasteiger partial charge in [-0.25, -0.2) is 8.42 Å². The van der Waals surface area contributed by atoms with E-state index in [0.717, 1.165) is 6.42 Å². The highest BCUT2D eigenvalue weighted by molar-refractivity contribution is 7.90. The quantitative estimate of drug-likeness (QED) is 0.748. The second-order valence-electron chi connectivity index (χ2n) is 5.53. The fraction of sp³-hybridized carbons (Fsp3) is 0.400. The summed E-state index contributed by atoms with van der Waals surface area (Å²) in [6.07, 6.45) is 1.42. The summed E-state index contributed by atoms with van der Waals surface area (Å²) >= 11 is 5.60. The smallest absolute Gasteiger partial charge is 0.335 e. The Balaban J connectivity index is 1.81. The number of nitrogens with zero attached hydrogens (tertiary/aromatic N) is 3. The molecule has 128 valence electrons. The lowest BCUT2D eigenvalue weighted by atomic mass is 10.2. The summed E-state index contributed by atoms with van der Waals surface area (Å²) in [5, 5.41) is 7.09. The molecule has 0 spiro atoms. The Kier molecular flexibility index (Phi) is 4.86. The Morgan fingerprint density at radius 1 is 1.29 bits per heavy atom. The molecule has 1 amide bonds. The van der Waals surface area contributed by atoms with Gasteiger partial charge in [0.1, 0.15) is 11.9 Å². The normalized spacial score (nSPS) is 18.0. The molecule has 0 unspecified atom stereocenters. The van der Waals surface area contributed by atoms with E-state index in [0.29, 0.717) is 18.5 Å². The van der Waals surface area contributed by atoms with Crippen molar-refractivity contribution >= 4 is 27.3 Å². The van der Waals surface area contributed by atoms with Gasteiger partial charge in [0, 0.05) is 6.54 Å². The molecule has 1 atom stereocenters. The van der Waals surface area contributed by atoms with Crippen LogP contribution in [-0.4, -0.2) is 41.8 Å². The van der Waals surface area contributed by atoms with E-state index in [9.17, 15) is 13.2 Å². The number of hydrogen-bond acceptors (Lipinski definition) is 6. The highest BCUT2D eigenvalue weighted by atomic mass is 35.5. The van der Waals surface area contributed by atoms with E-state index >= 15 is 0 Å². The highest BCUT2D eigenvalue weighted by Gasteiger charge is 2.34. The first kappa shape index (κ1) is 16.9. The van der Waals surface area contributed by atoms with Gasteiger partial charge in [0.2, 0.25) is 21.6 Å². The standard InChI is InChI=1S/C15H16ClN3O4S/c16-9-13(20)19-8-4-7-12(19)14-17-18-15(23-14)24(21,22)10-11-5-2-1-3-6-11/h1-3,5-6,12H,4,7-10H2/t12-/m0/s1. The average molecular weight is 370 g/mol. The van der Waals surface area contributed by atoms with E-state index in [1.807, 2.05) is 6.07 Å². The van der Waals surface area contributed by atoms with Crippen LogP contribution >= 0.6 is 11.6 Å². The number of amides is 1. The molecular weight excluding hydrogens is 354 g/mol. The van der Waals surface area contributed by atoms with Crippen LogP contribution in [0, 0.1) is 0 Å². The van der Waals surface area contributed by atoms with Crippen LogP contribution in [0.5, 0.6) is 0 Å². The van der Waals surface area contributed by atoms with E-state index in [-0.39, 0.29) is 23.4 Å². The maximum atomic E-state index is 12.4. The van der Waals surface area contributed by atoms with Gasteiger partial charge in [-0.1, -0.05) is 35.4 Å². The Morgan fingerprint density at radius 3 is 2.75 bits per heavy atom. The second kappa shape index (κ2) is 6.90. The van der Waals surface area contributed by atoms with Gasteiger partial charge >= 0.3 is 5.22 Å². The number of sulfone groups is 1. The number of alkyl halides is 1. The zero-order valence-electron chi connectivity index (χ0n) is 12.8. The Morgan fingerprint density at radius 2 is 2.04 bits per heavy atom. The van der Waals surface area contributed by atoms with Crippen LogP contribution in [0.1, 0.15) is 30.3 Å². The summed E-state index contributed by atoms with van der Waals surface area (Å²) in [4.78, 5) is 13.4. The SMILES string of the molecule is O=C(CCl)N1CCC[C@H]1c1nnc(S(=O)(=O)Cc2ccccc2)o1. The number of likely N-dealkylation sites (tertiary alicyclic amines) is 1. The van der Waals surface area contributed by atoms with Crippen molar-refractivity contribution in [1.82, 2.24) is 15.1 Å². The van der Waals surface area contributed by atoms with Crippen LogP contribution < -0.4 is 0 Å². The first-order chi connectivity index (χ1) is 11.5. The van der Waals surface area contributed by atoms with Crippen molar-refractivity contribution in [1.29, 1.82) is 0 Å². The molecule has 7 nitrogen and oxygen atoms in total. The number of rotatable bonds is 5. The number of hydrogen-bond donors (Lipinski definition) is 0. The van der Waals surface area contributed by atoms with E-state index in [1.54, 1.807) is 29.2 Å². The average Bonchev–Trinajstić information content (AvgIpc) is 3.23. The topological polar surface area (TPSA) is 93.4 Å². The summed E-state index contributed by atoms with van der Waals surface area (Å²) in [7, 11) is -3.74. The van der Waals surface area contributed by atoms with E-state index in [4.69, 9.17) is 16.0 Å². The zero-order chi connectivity index (χ0) is 17.2. The van der Waals surface area contributed by atoms with Crippen LogP contribution in [0.2, 0.25) is 0 Å². The molecule has 1 aromatic heterocycles. The van der Waals surface area contributed by atoms with Crippen LogP contribution in [0.25, 0.3) is 0 Å². The molecule has 0 radical (unpaired) electrons. The van der Waals surface area contributed by atoms with Crippen molar-refractivity contribution in [2.24, 2.45) is 0 Å². The monoisotopic (exact) mass is 369 g/mol. The predicted octanol–water partition coefficient (Wildman–Crippen LogP) is 1.95. The van der Waals surface area contributed by atoms with Crippen molar-refractivity contribution in [3.63, 3.8) is 0 Å². The van der Waals surface area contributed by atoms with Crippen LogP contribution in [-0.2, 0) is 20.4 Å². The first-order valence-electron chi connectivity index (χ1n) is 7.47. The highest BCUT2D eigenvalue weighted by Crippen LogP contribution is 2.32. The van der Waals surface area contributed by atoms with Crippen molar-refractivity contribution in [3.8, 4) is 0 Å². The molecule has 9 heteroatoms. The van der Waals surface area contributed by atoms with Gasteiger partial charge in [-0.05, 0) is 18.4 Å². The van der Waals surface area contributed by atoms with Crippen molar-refractivity contribution in [3.05, 3.63) is 41.8 Å². The van der Waals surface area contributed by atoms with Gasteiger partial charge in [0.25, 0.3) is 0 Å². The van der Waals surface area contributed by atoms with E-state index < -0.39 is 21.1 Å². The minimum atomic E-state index is -3.74. The molecule has 2 aromatic rings. The molecule has 1 aliphatic heterocycles. The molecular formula is C15H16ClN3O4S. The molecule has 0 N–H and O–H groups in total. The van der Waals surface area contributed by atoms with E-state index in [2.05, 4.69) is 10.2 Å². The molecule has 0 saturated carbocycles. The summed E-state index contributed by atoms with van der Waals surface area (Å²) in [5.41, 5.74) is 0.636. The summed E-state index contributed by atoms with van der Waals surface area (Å²) in [5.74, 6) is -0.447. The summed E-state index contributed by atoms with van der Waals surface area (Å²) in [6, 6.07) is 8.35. The van der Waals surface area contributed by atoms with Crippen molar-refractivity contribution in [2.45, 2.75) is 29.9 Å². The van der Waals surface area contributed by atoms with Crippen molar-refractivity contribution in [2.75, 3.05) is 12.4 Å². The fourth-order valence-corrected chi connectivity index (χ4v) is 4.02. The molecule has 1 saturated heterocycles.